The van der Waals surface area contributed by atoms with Crippen LogP contribution in [0, 0.1) is 28.6 Å². The zero-order valence-electron chi connectivity index (χ0n) is 19.2. The average molecular weight is 419 g/mol. The fourth-order valence-corrected chi connectivity index (χ4v) is 8.03. The number of hydrogen-bond donors (Lipinski definition) is 1. The molecule has 4 aliphatic rings. The van der Waals surface area contributed by atoms with Crippen LogP contribution in [-0.4, -0.2) is 34.9 Å². The molecule has 3 saturated carbocycles. The van der Waals surface area contributed by atoms with Crippen LogP contribution in [0.5, 0.6) is 0 Å². The molecule has 5 heteroatoms. The van der Waals surface area contributed by atoms with E-state index in [2.05, 4.69) is 19.9 Å². The molecule has 168 valence electrons. The maximum Gasteiger partial charge on any atom is 0.302 e. The summed E-state index contributed by atoms with van der Waals surface area (Å²) in [6.45, 7) is 9.44. The maximum absolute atomic E-state index is 11.7. The Labute approximate surface area is 180 Å². The van der Waals surface area contributed by atoms with Crippen LogP contribution in [0.4, 0.5) is 0 Å². The summed E-state index contributed by atoms with van der Waals surface area (Å²) in [5.74, 6) is 1.11. The van der Waals surface area contributed by atoms with Gasteiger partial charge in [0.25, 0.3) is 0 Å². The zero-order valence-corrected chi connectivity index (χ0v) is 19.2. The van der Waals surface area contributed by atoms with Gasteiger partial charge in [0.1, 0.15) is 17.8 Å². The van der Waals surface area contributed by atoms with Crippen LogP contribution in [0.1, 0.15) is 86.0 Å². The van der Waals surface area contributed by atoms with E-state index in [1.54, 1.807) is 0 Å². The second-order valence-corrected chi connectivity index (χ2v) is 10.9. The summed E-state index contributed by atoms with van der Waals surface area (Å²) in [6, 6.07) is 0. The van der Waals surface area contributed by atoms with Crippen LogP contribution in [0.2, 0.25) is 0 Å². The molecule has 0 spiro atoms. The van der Waals surface area contributed by atoms with E-state index in [1.807, 2.05) is 6.92 Å². The van der Waals surface area contributed by atoms with Gasteiger partial charge in [0, 0.05) is 25.7 Å². The lowest BCUT2D eigenvalue weighted by Crippen LogP contribution is -2.58. The van der Waals surface area contributed by atoms with Crippen molar-refractivity contribution in [3.63, 3.8) is 0 Å². The van der Waals surface area contributed by atoms with E-state index in [-0.39, 0.29) is 28.9 Å². The third-order valence-electron chi connectivity index (χ3n) is 9.62. The average Bonchev–Trinajstić information content (AvgIpc) is 2.93. The molecule has 8 atom stereocenters. The molecule has 0 radical (unpaired) electrons. The maximum atomic E-state index is 11.7. The first-order valence-electron chi connectivity index (χ1n) is 11.8. The number of allylic oxidation sites excluding steroid dienone is 1. The molecule has 0 aliphatic heterocycles. The highest BCUT2D eigenvalue weighted by Crippen LogP contribution is 2.67. The van der Waals surface area contributed by atoms with E-state index < -0.39 is 11.7 Å². The van der Waals surface area contributed by atoms with Crippen molar-refractivity contribution in [2.24, 2.45) is 28.6 Å². The van der Waals surface area contributed by atoms with E-state index in [1.165, 1.54) is 19.4 Å². The Bertz CT molecular complexity index is 759. The number of fused-ring (bicyclic) bond motifs is 5. The van der Waals surface area contributed by atoms with Gasteiger partial charge in [-0.05, 0) is 75.0 Å². The van der Waals surface area contributed by atoms with Gasteiger partial charge in [-0.1, -0.05) is 25.5 Å². The Morgan fingerprint density at radius 1 is 1.07 bits per heavy atom. The number of aliphatic hydroxyl groups is 1. The van der Waals surface area contributed by atoms with Crippen molar-refractivity contribution in [1.82, 2.24) is 0 Å². The molecule has 0 bridgehead atoms. The molecular weight excluding hydrogens is 380 g/mol. The topological polar surface area (TPSA) is 72.8 Å². The van der Waals surface area contributed by atoms with Crippen molar-refractivity contribution in [3.05, 3.63) is 11.6 Å². The minimum Gasteiger partial charge on any atom is -0.462 e. The summed E-state index contributed by atoms with van der Waals surface area (Å²) in [4.78, 5) is 23.0. The normalized spacial score (nSPS) is 46.0. The van der Waals surface area contributed by atoms with Crippen molar-refractivity contribution < 1.29 is 24.2 Å². The van der Waals surface area contributed by atoms with Crippen LogP contribution in [0.3, 0.4) is 0 Å². The molecule has 0 aromatic heterocycles. The third-order valence-corrected chi connectivity index (χ3v) is 9.62. The SMILES string of the molecule is CC(=O)O[C@H]1CC[C@@]2(C)C(=CC[C@H]3[C@H]2CC[C@]2(C)[C@@H]3CC[C@@]2(O)[C@H](C)OC(C)=O)C1. The molecule has 4 aliphatic carbocycles. The second-order valence-electron chi connectivity index (χ2n) is 10.9. The first kappa shape index (κ1) is 21.9. The van der Waals surface area contributed by atoms with Crippen LogP contribution in [0.25, 0.3) is 0 Å². The highest BCUT2D eigenvalue weighted by atomic mass is 16.6. The first-order chi connectivity index (χ1) is 14.0. The van der Waals surface area contributed by atoms with E-state index >= 15 is 0 Å². The molecule has 0 unspecified atom stereocenters. The number of carbonyl (C=O) groups is 2. The Morgan fingerprint density at radius 2 is 1.77 bits per heavy atom. The van der Waals surface area contributed by atoms with Gasteiger partial charge < -0.3 is 14.6 Å². The second kappa shape index (κ2) is 7.36. The van der Waals surface area contributed by atoms with Gasteiger partial charge >= 0.3 is 11.9 Å². The smallest absolute Gasteiger partial charge is 0.302 e. The lowest BCUT2D eigenvalue weighted by Gasteiger charge is -2.59. The van der Waals surface area contributed by atoms with Crippen LogP contribution < -0.4 is 0 Å². The van der Waals surface area contributed by atoms with Gasteiger partial charge in [-0.2, -0.15) is 0 Å². The number of carbonyl (C=O) groups excluding carboxylic acids is 2. The summed E-state index contributed by atoms with van der Waals surface area (Å²) in [7, 11) is 0. The van der Waals surface area contributed by atoms with Gasteiger partial charge in [-0.15, -0.1) is 0 Å². The molecule has 30 heavy (non-hydrogen) atoms. The predicted molar refractivity (Wildman–Crippen MR) is 113 cm³/mol. The van der Waals surface area contributed by atoms with Crippen molar-refractivity contribution in [2.75, 3.05) is 0 Å². The van der Waals surface area contributed by atoms with Crippen molar-refractivity contribution in [2.45, 2.75) is 104 Å². The Balaban J connectivity index is 1.58. The Morgan fingerprint density at radius 3 is 2.43 bits per heavy atom. The number of esters is 2. The molecular formula is C25H38O5. The minimum atomic E-state index is -0.952. The van der Waals surface area contributed by atoms with Crippen molar-refractivity contribution >= 4 is 11.9 Å². The number of rotatable bonds is 3. The molecule has 0 heterocycles. The van der Waals surface area contributed by atoms with Crippen LogP contribution in [0.15, 0.2) is 11.6 Å². The van der Waals surface area contributed by atoms with Gasteiger partial charge in [0.15, 0.2) is 0 Å². The summed E-state index contributed by atoms with van der Waals surface area (Å²) in [5, 5.41) is 11.7. The fourth-order valence-electron chi connectivity index (χ4n) is 8.03. The predicted octanol–water partition coefficient (Wildman–Crippen LogP) is 4.56. The standard InChI is InChI=1S/C25H38O5/c1-15(29-16(2)26)25(28)13-10-22-20-7-6-18-14-19(30-17(3)27)8-11-23(18,4)21(20)9-12-24(22,25)5/h6,15,19-22,28H,7-14H2,1-5H3/t15-,19-,20-,21+,22+,23-,24+,25+/m0/s1. The molecule has 5 nitrogen and oxygen atoms in total. The first-order valence-corrected chi connectivity index (χ1v) is 11.8. The summed E-state index contributed by atoms with van der Waals surface area (Å²) in [5.41, 5.74) is 0.473. The summed E-state index contributed by atoms with van der Waals surface area (Å²) < 4.78 is 11.0. The lowest BCUT2D eigenvalue weighted by atomic mass is 9.46. The van der Waals surface area contributed by atoms with Crippen molar-refractivity contribution in [1.29, 1.82) is 0 Å². The number of hydrogen-bond acceptors (Lipinski definition) is 5. The van der Waals surface area contributed by atoms with Gasteiger partial charge in [0.05, 0.1) is 0 Å². The molecule has 0 amide bonds. The molecule has 3 fully saturated rings. The van der Waals surface area contributed by atoms with Gasteiger partial charge in [-0.3, -0.25) is 9.59 Å². The fraction of sp³-hybridized carbons (Fsp3) is 0.840. The minimum absolute atomic E-state index is 0.0217. The van der Waals surface area contributed by atoms with Gasteiger partial charge in [0.2, 0.25) is 0 Å². The Kier molecular flexibility index (Phi) is 5.36. The molecule has 0 saturated heterocycles. The van der Waals surface area contributed by atoms with E-state index in [0.29, 0.717) is 24.2 Å². The van der Waals surface area contributed by atoms with Crippen molar-refractivity contribution in [3.8, 4) is 0 Å². The molecule has 0 aromatic carbocycles. The van der Waals surface area contributed by atoms with Crippen LogP contribution in [-0.2, 0) is 19.1 Å². The molecule has 4 rings (SSSR count). The molecule has 0 aromatic rings. The Hall–Kier alpha value is -1.36. The van der Waals surface area contributed by atoms with Crippen LogP contribution >= 0.6 is 0 Å². The highest BCUT2D eigenvalue weighted by Gasteiger charge is 2.65. The largest absolute Gasteiger partial charge is 0.462 e. The van der Waals surface area contributed by atoms with E-state index in [4.69, 9.17) is 9.47 Å². The van der Waals surface area contributed by atoms with Gasteiger partial charge in [-0.25, -0.2) is 0 Å². The number of ether oxygens (including phenoxy) is 2. The molecule has 1 N–H and O–H groups in total. The highest BCUT2D eigenvalue weighted by molar-refractivity contribution is 5.66. The zero-order chi connectivity index (χ0) is 21.9. The lowest BCUT2D eigenvalue weighted by molar-refractivity contribution is -0.192. The monoisotopic (exact) mass is 418 g/mol. The quantitative estimate of drug-likeness (QED) is 0.537. The summed E-state index contributed by atoms with van der Waals surface area (Å²) >= 11 is 0. The summed E-state index contributed by atoms with van der Waals surface area (Å²) in [6.07, 6.45) is 9.64. The van der Waals surface area contributed by atoms with E-state index in [0.717, 1.165) is 44.9 Å². The van der Waals surface area contributed by atoms with E-state index in [9.17, 15) is 14.7 Å². The third kappa shape index (κ3) is 3.14.